The first-order valence-electron chi connectivity index (χ1n) is 7.94. The summed E-state index contributed by atoms with van der Waals surface area (Å²) in [5, 5.41) is 0. The van der Waals surface area contributed by atoms with Gasteiger partial charge in [-0.1, -0.05) is 26.2 Å². The lowest BCUT2D eigenvalue weighted by Crippen LogP contribution is -2.41. The van der Waals surface area contributed by atoms with Gasteiger partial charge in [-0.05, 0) is 52.7 Å². The van der Waals surface area contributed by atoms with Gasteiger partial charge in [0.2, 0.25) is 0 Å². The standard InChI is InChI=1S/C16H37N2/c1-6-7-8-12-15-18(4,5)16-13-10-9-11-14-17(2)3/h6-16H2,1-5H3/q+1. The molecular formula is C16H37N2+. The zero-order valence-corrected chi connectivity index (χ0v) is 13.7. The van der Waals surface area contributed by atoms with Crippen LogP contribution in [0.15, 0.2) is 0 Å². The van der Waals surface area contributed by atoms with Gasteiger partial charge in [0.1, 0.15) is 0 Å². The van der Waals surface area contributed by atoms with Crippen molar-refractivity contribution in [2.75, 3.05) is 47.8 Å². The molecule has 0 aromatic rings. The van der Waals surface area contributed by atoms with E-state index in [1.807, 2.05) is 0 Å². The summed E-state index contributed by atoms with van der Waals surface area (Å²) in [7, 11) is 9.12. The van der Waals surface area contributed by atoms with Gasteiger partial charge in [0.15, 0.2) is 0 Å². The third-order valence-electron chi connectivity index (χ3n) is 3.74. The number of hydrogen-bond acceptors (Lipinski definition) is 1. The summed E-state index contributed by atoms with van der Waals surface area (Å²) in [6.45, 7) is 6.24. The quantitative estimate of drug-likeness (QED) is 0.380. The molecule has 0 amide bonds. The fraction of sp³-hybridized carbons (Fsp3) is 1.00. The molecule has 0 unspecified atom stereocenters. The van der Waals surface area contributed by atoms with Crippen LogP contribution in [0.5, 0.6) is 0 Å². The first-order valence-corrected chi connectivity index (χ1v) is 7.94. The summed E-state index contributed by atoms with van der Waals surface area (Å²) >= 11 is 0. The summed E-state index contributed by atoms with van der Waals surface area (Å²) in [6, 6.07) is 0. The normalized spacial score (nSPS) is 12.3. The molecule has 0 saturated heterocycles. The van der Waals surface area contributed by atoms with Gasteiger partial charge in [0.05, 0.1) is 27.2 Å². The van der Waals surface area contributed by atoms with Gasteiger partial charge in [-0.25, -0.2) is 0 Å². The minimum Gasteiger partial charge on any atom is -0.328 e. The van der Waals surface area contributed by atoms with E-state index in [2.05, 4.69) is 40.0 Å². The van der Waals surface area contributed by atoms with Crippen molar-refractivity contribution in [3.8, 4) is 0 Å². The molecule has 0 aliphatic rings. The minimum absolute atomic E-state index is 1.22. The summed E-state index contributed by atoms with van der Waals surface area (Å²) in [4.78, 5) is 2.29. The topological polar surface area (TPSA) is 3.24 Å². The number of rotatable bonds is 12. The maximum Gasteiger partial charge on any atom is 0.0782 e. The Morgan fingerprint density at radius 2 is 1.22 bits per heavy atom. The van der Waals surface area contributed by atoms with Crippen molar-refractivity contribution in [1.82, 2.24) is 4.90 Å². The van der Waals surface area contributed by atoms with Crippen molar-refractivity contribution < 1.29 is 4.48 Å². The van der Waals surface area contributed by atoms with Crippen molar-refractivity contribution in [3.05, 3.63) is 0 Å². The third-order valence-corrected chi connectivity index (χ3v) is 3.74. The Labute approximate surface area is 116 Å². The Morgan fingerprint density at radius 3 is 1.72 bits per heavy atom. The van der Waals surface area contributed by atoms with E-state index in [9.17, 15) is 0 Å². The molecule has 0 radical (unpaired) electrons. The fourth-order valence-electron chi connectivity index (χ4n) is 2.40. The molecule has 0 bridgehead atoms. The molecule has 0 aliphatic carbocycles. The highest BCUT2D eigenvalue weighted by Crippen LogP contribution is 2.09. The average Bonchev–Trinajstić information content (AvgIpc) is 2.29. The zero-order chi connectivity index (χ0) is 13.9. The van der Waals surface area contributed by atoms with Crippen LogP contribution in [-0.4, -0.2) is 57.2 Å². The monoisotopic (exact) mass is 257 g/mol. The van der Waals surface area contributed by atoms with E-state index in [0.29, 0.717) is 0 Å². The molecule has 0 heterocycles. The van der Waals surface area contributed by atoms with E-state index in [4.69, 9.17) is 0 Å². The van der Waals surface area contributed by atoms with E-state index in [1.54, 1.807) is 0 Å². The molecule has 2 nitrogen and oxygen atoms in total. The Bertz CT molecular complexity index is 176. The van der Waals surface area contributed by atoms with Crippen LogP contribution < -0.4 is 0 Å². The predicted molar refractivity (Wildman–Crippen MR) is 83.0 cm³/mol. The summed E-state index contributed by atoms with van der Waals surface area (Å²) in [6.07, 6.45) is 11.1. The molecule has 0 aromatic carbocycles. The van der Waals surface area contributed by atoms with E-state index < -0.39 is 0 Å². The smallest absolute Gasteiger partial charge is 0.0782 e. The van der Waals surface area contributed by atoms with Gasteiger partial charge >= 0.3 is 0 Å². The van der Waals surface area contributed by atoms with Gasteiger partial charge in [-0.15, -0.1) is 0 Å². The highest BCUT2D eigenvalue weighted by Gasteiger charge is 2.13. The second kappa shape index (κ2) is 10.8. The molecule has 0 fully saturated rings. The van der Waals surface area contributed by atoms with Crippen LogP contribution >= 0.6 is 0 Å². The zero-order valence-electron chi connectivity index (χ0n) is 13.7. The molecular weight excluding hydrogens is 220 g/mol. The first-order chi connectivity index (χ1) is 8.48. The molecule has 0 aromatic heterocycles. The third kappa shape index (κ3) is 12.4. The molecule has 0 aliphatic heterocycles. The van der Waals surface area contributed by atoms with Crippen LogP contribution in [-0.2, 0) is 0 Å². The van der Waals surface area contributed by atoms with Crippen LogP contribution in [0.25, 0.3) is 0 Å². The van der Waals surface area contributed by atoms with Crippen molar-refractivity contribution in [2.24, 2.45) is 0 Å². The molecule has 18 heavy (non-hydrogen) atoms. The van der Waals surface area contributed by atoms with Gasteiger partial charge in [0.25, 0.3) is 0 Å². The lowest BCUT2D eigenvalue weighted by Gasteiger charge is -2.30. The number of unbranched alkanes of at least 4 members (excludes halogenated alkanes) is 6. The lowest BCUT2D eigenvalue weighted by molar-refractivity contribution is -0.890. The summed E-state index contributed by atoms with van der Waals surface area (Å²) < 4.78 is 1.22. The highest BCUT2D eigenvalue weighted by atomic mass is 15.3. The van der Waals surface area contributed by atoms with E-state index in [1.165, 1.54) is 75.5 Å². The molecule has 0 rings (SSSR count). The maximum absolute atomic E-state index is 2.39. The fourth-order valence-corrected chi connectivity index (χ4v) is 2.40. The van der Waals surface area contributed by atoms with E-state index >= 15 is 0 Å². The minimum atomic E-state index is 1.22. The van der Waals surface area contributed by atoms with Gasteiger partial charge in [0, 0.05) is 0 Å². The number of hydrogen-bond donors (Lipinski definition) is 0. The second-order valence-electron chi connectivity index (χ2n) is 6.66. The van der Waals surface area contributed by atoms with Crippen molar-refractivity contribution in [1.29, 1.82) is 0 Å². The number of nitrogens with zero attached hydrogens (tertiary/aromatic N) is 2. The molecule has 0 atom stereocenters. The van der Waals surface area contributed by atoms with Crippen molar-refractivity contribution >= 4 is 0 Å². The predicted octanol–water partition coefficient (Wildman–Crippen LogP) is 3.77. The first kappa shape index (κ1) is 17.9. The molecule has 0 saturated carbocycles. The highest BCUT2D eigenvalue weighted by molar-refractivity contribution is 4.48. The average molecular weight is 257 g/mol. The summed E-state index contributed by atoms with van der Waals surface area (Å²) in [5.74, 6) is 0. The van der Waals surface area contributed by atoms with Crippen LogP contribution in [0, 0.1) is 0 Å². The van der Waals surface area contributed by atoms with Crippen LogP contribution in [0.2, 0.25) is 0 Å². The Morgan fingerprint density at radius 1 is 0.722 bits per heavy atom. The second-order valence-corrected chi connectivity index (χ2v) is 6.66. The molecule has 2 heteroatoms. The van der Waals surface area contributed by atoms with Crippen LogP contribution in [0.4, 0.5) is 0 Å². The molecule has 110 valence electrons. The SMILES string of the molecule is CCCCCC[N+](C)(C)CCCCCCN(C)C. The van der Waals surface area contributed by atoms with E-state index in [0.717, 1.165) is 0 Å². The van der Waals surface area contributed by atoms with Gasteiger partial charge < -0.3 is 9.38 Å². The Balaban J connectivity index is 3.40. The van der Waals surface area contributed by atoms with Crippen molar-refractivity contribution in [3.63, 3.8) is 0 Å². The van der Waals surface area contributed by atoms with Crippen LogP contribution in [0.3, 0.4) is 0 Å². The largest absolute Gasteiger partial charge is 0.328 e. The van der Waals surface area contributed by atoms with E-state index in [-0.39, 0.29) is 0 Å². The molecule has 0 N–H and O–H groups in total. The van der Waals surface area contributed by atoms with Gasteiger partial charge in [-0.2, -0.15) is 0 Å². The van der Waals surface area contributed by atoms with Crippen LogP contribution in [0.1, 0.15) is 58.3 Å². The summed E-state index contributed by atoms with van der Waals surface area (Å²) in [5.41, 5.74) is 0. The van der Waals surface area contributed by atoms with Gasteiger partial charge in [-0.3, -0.25) is 0 Å². The Kier molecular flexibility index (Phi) is 10.8. The lowest BCUT2D eigenvalue weighted by atomic mass is 10.1. The number of quaternary nitrogens is 1. The van der Waals surface area contributed by atoms with Crippen molar-refractivity contribution in [2.45, 2.75) is 58.3 Å². The Hall–Kier alpha value is -0.0800. The molecule has 0 spiro atoms. The maximum atomic E-state index is 2.39.